The summed E-state index contributed by atoms with van der Waals surface area (Å²) in [5.74, 6) is 0. The number of aliphatic hydroxyl groups excluding tert-OH is 1. The molecule has 0 aromatic heterocycles. The maximum atomic E-state index is 10.3. The Hall–Kier alpha value is -0.810. The summed E-state index contributed by atoms with van der Waals surface area (Å²) >= 11 is 0. The van der Waals surface area contributed by atoms with Gasteiger partial charge in [-0.2, -0.15) is 0 Å². The molecule has 0 saturated carbocycles. The van der Waals surface area contributed by atoms with Gasteiger partial charge in [-0.15, -0.1) is 0 Å². The summed E-state index contributed by atoms with van der Waals surface area (Å²) in [6, 6.07) is -0.420. The molecule has 0 aliphatic carbocycles. The van der Waals surface area contributed by atoms with Gasteiger partial charge >= 0.3 is 6.09 Å². The minimum absolute atomic E-state index is 0.135. The molecule has 1 aliphatic rings. The zero-order valence-electron chi connectivity index (χ0n) is 5.40. The number of hydrogen-bond donors (Lipinski definition) is 3. The first-order chi connectivity index (χ1) is 4.61. The molecule has 4 N–H and O–H groups in total. The highest BCUT2D eigenvalue weighted by molar-refractivity contribution is 5.65. The molecule has 1 rings (SSSR count). The third-order valence-electron chi connectivity index (χ3n) is 1.60. The minimum atomic E-state index is -1.02. The zero-order chi connectivity index (χ0) is 7.72. The molecular formula is C5H10N2O3. The van der Waals surface area contributed by atoms with Gasteiger partial charge in [0.25, 0.3) is 0 Å². The summed E-state index contributed by atoms with van der Waals surface area (Å²) in [6.45, 7) is 0.368. The number of carbonyl (C=O) groups is 1. The number of amides is 1. The smallest absolute Gasteiger partial charge is 0.407 e. The van der Waals surface area contributed by atoms with Gasteiger partial charge in [0, 0.05) is 6.54 Å². The first kappa shape index (κ1) is 7.30. The second kappa shape index (κ2) is 2.43. The number of aliphatic hydroxyl groups is 1. The topological polar surface area (TPSA) is 86.8 Å². The van der Waals surface area contributed by atoms with Crippen molar-refractivity contribution in [1.29, 1.82) is 0 Å². The van der Waals surface area contributed by atoms with Crippen molar-refractivity contribution < 1.29 is 15.0 Å². The van der Waals surface area contributed by atoms with Crippen molar-refractivity contribution >= 4 is 6.09 Å². The van der Waals surface area contributed by atoms with E-state index in [1.807, 2.05) is 0 Å². The zero-order valence-corrected chi connectivity index (χ0v) is 5.40. The molecule has 1 aliphatic heterocycles. The van der Waals surface area contributed by atoms with Gasteiger partial charge < -0.3 is 20.8 Å². The fourth-order valence-electron chi connectivity index (χ4n) is 0.968. The lowest BCUT2D eigenvalue weighted by Gasteiger charge is -2.08. The normalized spacial score (nSPS) is 32.8. The maximum absolute atomic E-state index is 10.3. The summed E-state index contributed by atoms with van der Waals surface area (Å²) in [6.07, 6.45) is -1.72. The van der Waals surface area contributed by atoms with E-state index < -0.39 is 18.2 Å². The number of hydrogen-bond acceptors (Lipinski definition) is 3. The standard InChI is InChI=1S/C5H10N2O3/c6-3-1-7(5(9)10)2-4(3)8/h3-4,8H,1-2,6H2,(H,9,10)/t3-,4+/m1/s1. The average Bonchev–Trinajstić information content (AvgIpc) is 2.13. The molecule has 5 nitrogen and oxygen atoms in total. The highest BCUT2D eigenvalue weighted by Crippen LogP contribution is 2.07. The highest BCUT2D eigenvalue weighted by Gasteiger charge is 2.30. The lowest BCUT2D eigenvalue weighted by atomic mass is 10.2. The van der Waals surface area contributed by atoms with Gasteiger partial charge in [-0.25, -0.2) is 4.79 Å². The monoisotopic (exact) mass is 146 g/mol. The van der Waals surface area contributed by atoms with E-state index in [1.165, 1.54) is 0 Å². The summed E-state index contributed by atoms with van der Waals surface area (Å²) in [7, 11) is 0. The van der Waals surface area contributed by atoms with Gasteiger partial charge in [0.15, 0.2) is 0 Å². The van der Waals surface area contributed by atoms with Crippen molar-refractivity contribution in [2.24, 2.45) is 5.73 Å². The number of nitrogens with two attached hydrogens (primary N) is 1. The first-order valence-electron chi connectivity index (χ1n) is 3.03. The summed E-state index contributed by atoms with van der Waals surface area (Å²) in [5, 5.41) is 17.4. The Morgan fingerprint density at radius 1 is 1.60 bits per heavy atom. The quantitative estimate of drug-likeness (QED) is 0.395. The van der Waals surface area contributed by atoms with Gasteiger partial charge in [-0.05, 0) is 0 Å². The third kappa shape index (κ3) is 1.19. The van der Waals surface area contributed by atoms with E-state index in [2.05, 4.69) is 0 Å². The first-order valence-corrected chi connectivity index (χ1v) is 3.03. The van der Waals surface area contributed by atoms with Crippen LogP contribution in [0.2, 0.25) is 0 Å². The molecule has 0 unspecified atom stereocenters. The predicted octanol–water partition coefficient (Wildman–Crippen LogP) is -1.33. The molecule has 0 bridgehead atoms. The predicted molar refractivity (Wildman–Crippen MR) is 33.6 cm³/mol. The van der Waals surface area contributed by atoms with E-state index in [-0.39, 0.29) is 13.1 Å². The molecule has 1 fully saturated rings. The molecule has 1 saturated heterocycles. The molecule has 0 radical (unpaired) electrons. The van der Waals surface area contributed by atoms with Crippen LogP contribution in [0, 0.1) is 0 Å². The molecule has 58 valence electrons. The van der Waals surface area contributed by atoms with E-state index in [0.717, 1.165) is 4.90 Å². The van der Waals surface area contributed by atoms with Crippen molar-refractivity contribution in [2.75, 3.05) is 13.1 Å². The van der Waals surface area contributed by atoms with Gasteiger partial charge in [0.2, 0.25) is 0 Å². The second-order valence-corrected chi connectivity index (χ2v) is 2.42. The van der Waals surface area contributed by atoms with E-state index in [1.54, 1.807) is 0 Å². The van der Waals surface area contributed by atoms with Crippen molar-refractivity contribution in [3.8, 4) is 0 Å². The van der Waals surface area contributed by atoms with Crippen LogP contribution >= 0.6 is 0 Å². The van der Waals surface area contributed by atoms with Crippen LogP contribution < -0.4 is 5.73 Å². The Morgan fingerprint density at radius 3 is 2.40 bits per heavy atom. The van der Waals surface area contributed by atoms with Crippen LogP contribution in [0.1, 0.15) is 0 Å². The lowest BCUT2D eigenvalue weighted by molar-refractivity contribution is 0.138. The summed E-state index contributed by atoms with van der Waals surface area (Å²) in [4.78, 5) is 11.4. The molecule has 5 heteroatoms. The number of β-amino-alcohol motifs (C(OH)–C–C–N with tert-alkyl or cyclic N) is 1. The van der Waals surface area contributed by atoms with Crippen LogP contribution in [0.15, 0.2) is 0 Å². The Balaban J connectivity index is 2.49. The van der Waals surface area contributed by atoms with Crippen molar-refractivity contribution in [3.63, 3.8) is 0 Å². The van der Waals surface area contributed by atoms with Crippen LogP contribution in [-0.4, -0.2) is 46.4 Å². The van der Waals surface area contributed by atoms with Crippen LogP contribution in [0.25, 0.3) is 0 Å². The lowest BCUT2D eigenvalue weighted by Crippen LogP contribution is -2.33. The summed E-state index contributed by atoms with van der Waals surface area (Å²) in [5.41, 5.74) is 5.35. The Kier molecular flexibility index (Phi) is 1.78. The van der Waals surface area contributed by atoms with Crippen molar-refractivity contribution in [1.82, 2.24) is 4.90 Å². The average molecular weight is 146 g/mol. The van der Waals surface area contributed by atoms with E-state index >= 15 is 0 Å². The van der Waals surface area contributed by atoms with Crippen LogP contribution in [-0.2, 0) is 0 Å². The second-order valence-electron chi connectivity index (χ2n) is 2.42. The summed E-state index contributed by atoms with van der Waals surface area (Å²) < 4.78 is 0. The number of carboxylic acid groups (broad SMARTS) is 1. The molecular weight excluding hydrogens is 136 g/mol. The van der Waals surface area contributed by atoms with Crippen LogP contribution in [0.4, 0.5) is 4.79 Å². The Bertz CT molecular complexity index is 140. The van der Waals surface area contributed by atoms with Crippen molar-refractivity contribution in [3.05, 3.63) is 0 Å². The van der Waals surface area contributed by atoms with Crippen LogP contribution in [0.3, 0.4) is 0 Å². The fraction of sp³-hybridized carbons (Fsp3) is 0.800. The van der Waals surface area contributed by atoms with Crippen LogP contribution in [0.5, 0.6) is 0 Å². The van der Waals surface area contributed by atoms with Gasteiger partial charge in [-0.1, -0.05) is 0 Å². The maximum Gasteiger partial charge on any atom is 0.407 e. The van der Waals surface area contributed by atoms with E-state index in [9.17, 15) is 4.79 Å². The largest absolute Gasteiger partial charge is 0.465 e. The van der Waals surface area contributed by atoms with Gasteiger partial charge in [-0.3, -0.25) is 0 Å². The third-order valence-corrected chi connectivity index (χ3v) is 1.60. The fourth-order valence-corrected chi connectivity index (χ4v) is 0.968. The molecule has 2 atom stereocenters. The van der Waals surface area contributed by atoms with Crippen molar-refractivity contribution in [2.45, 2.75) is 12.1 Å². The van der Waals surface area contributed by atoms with Gasteiger partial charge in [0.1, 0.15) is 0 Å². The molecule has 10 heavy (non-hydrogen) atoms. The Labute approximate surface area is 58.0 Å². The minimum Gasteiger partial charge on any atom is -0.465 e. The Morgan fingerprint density at radius 2 is 2.20 bits per heavy atom. The molecule has 0 aromatic rings. The highest BCUT2D eigenvalue weighted by atomic mass is 16.4. The number of likely N-dealkylation sites (tertiary alicyclic amines) is 1. The molecule has 1 heterocycles. The SMILES string of the molecule is N[C@@H]1CN(C(=O)O)C[C@@H]1O. The van der Waals surface area contributed by atoms with E-state index in [4.69, 9.17) is 15.9 Å². The molecule has 1 amide bonds. The van der Waals surface area contributed by atoms with Gasteiger partial charge in [0.05, 0.1) is 18.7 Å². The molecule has 0 aromatic carbocycles. The number of nitrogens with zero attached hydrogens (tertiary/aromatic N) is 1. The number of rotatable bonds is 0. The molecule has 0 spiro atoms. The van der Waals surface area contributed by atoms with E-state index in [0.29, 0.717) is 0 Å².